The van der Waals surface area contributed by atoms with E-state index in [1.54, 1.807) is 24.7 Å². The van der Waals surface area contributed by atoms with Crippen LogP contribution in [0.1, 0.15) is 16.1 Å². The van der Waals surface area contributed by atoms with Crippen LogP contribution in [0.4, 0.5) is 4.39 Å². The summed E-state index contributed by atoms with van der Waals surface area (Å²) in [4.78, 5) is 25.8. The summed E-state index contributed by atoms with van der Waals surface area (Å²) in [5.41, 5.74) is 2.03. The smallest absolute Gasteiger partial charge is 0.237 e. The third-order valence-corrected chi connectivity index (χ3v) is 5.82. The van der Waals surface area contributed by atoms with E-state index in [1.807, 2.05) is 15.7 Å². The van der Waals surface area contributed by atoms with Crippen molar-refractivity contribution in [1.82, 2.24) is 24.3 Å². The molecule has 1 aromatic carbocycles. The highest BCUT2D eigenvalue weighted by Gasteiger charge is 2.25. The van der Waals surface area contributed by atoms with Gasteiger partial charge < -0.3 is 9.47 Å². The summed E-state index contributed by atoms with van der Waals surface area (Å²) in [5.74, 6) is -0.146. The highest BCUT2D eigenvalue weighted by atomic mass is 35.5. The molecule has 1 aliphatic heterocycles. The van der Waals surface area contributed by atoms with Crippen LogP contribution in [0.15, 0.2) is 43.0 Å². The van der Waals surface area contributed by atoms with Crippen LogP contribution in [0, 0.1) is 5.82 Å². The van der Waals surface area contributed by atoms with E-state index in [0.29, 0.717) is 37.2 Å². The Kier molecular flexibility index (Phi) is 5.70. The molecule has 146 valence electrons. The molecule has 6 nitrogen and oxygen atoms in total. The summed E-state index contributed by atoms with van der Waals surface area (Å²) in [6.45, 7) is 3.65. The lowest BCUT2D eigenvalue weighted by Gasteiger charge is -2.34. The molecular weight excluding hydrogens is 401 g/mol. The van der Waals surface area contributed by atoms with Gasteiger partial charge in [0.15, 0.2) is 4.47 Å². The first-order valence-corrected chi connectivity index (χ1v) is 10.1. The summed E-state index contributed by atoms with van der Waals surface area (Å²) in [6.07, 6.45) is 5.31. The molecule has 0 saturated carbocycles. The number of piperazine rings is 1. The molecule has 0 atom stereocenters. The average molecular weight is 420 g/mol. The van der Waals surface area contributed by atoms with Crippen molar-refractivity contribution in [3.8, 4) is 0 Å². The summed E-state index contributed by atoms with van der Waals surface area (Å²) in [6, 6.07) is 6.46. The van der Waals surface area contributed by atoms with E-state index < -0.39 is 0 Å². The normalized spacial score (nSPS) is 15.4. The molecule has 3 heterocycles. The predicted molar refractivity (Wildman–Crippen MR) is 106 cm³/mol. The van der Waals surface area contributed by atoms with E-state index >= 15 is 0 Å². The molecule has 0 radical (unpaired) electrons. The van der Waals surface area contributed by atoms with Gasteiger partial charge in [0.05, 0.1) is 25.1 Å². The Balaban J connectivity index is 1.35. The lowest BCUT2D eigenvalue weighted by Crippen LogP contribution is -2.49. The molecule has 2 aromatic heterocycles. The molecule has 0 N–H and O–H groups in total. The molecule has 1 amide bonds. The van der Waals surface area contributed by atoms with Crippen molar-refractivity contribution in [1.29, 1.82) is 0 Å². The topological polar surface area (TPSA) is 54.3 Å². The molecule has 1 saturated heterocycles. The molecule has 0 spiro atoms. The van der Waals surface area contributed by atoms with Gasteiger partial charge in [0.1, 0.15) is 5.82 Å². The van der Waals surface area contributed by atoms with E-state index in [0.717, 1.165) is 22.7 Å². The first-order chi connectivity index (χ1) is 13.6. The van der Waals surface area contributed by atoms with Crippen LogP contribution in [0.5, 0.6) is 0 Å². The third-order valence-electron chi connectivity index (χ3n) is 4.72. The van der Waals surface area contributed by atoms with Crippen molar-refractivity contribution in [2.45, 2.75) is 19.6 Å². The Morgan fingerprint density at radius 1 is 1.11 bits per heavy atom. The maximum Gasteiger partial charge on any atom is 0.237 e. The molecule has 28 heavy (non-hydrogen) atoms. The van der Waals surface area contributed by atoms with E-state index in [2.05, 4.69) is 14.9 Å². The number of carbonyl (C=O) groups excluding carboxylic acids is 1. The maximum atomic E-state index is 13.1. The quantitative estimate of drug-likeness (QED) is 0.616. The summed E-state index contributed by atoms with van der Waals surface area (Å²) in [7, 11) is 0. The van der Waals surface area contributed by atoms with Crippen LogP contribution in [0.2, 0.25) is 4.47 Å². The van der Waals surface area contributed by atoms with Gasteiger partial charge in [-0.25, -0.2) is 14.4 Å². The number of hydrogen-bond donors (Lipinski definition) is 0. The Morgan fingerprint density at radius 3 is 2.64 bits per heavy atom. The number of amides is 1. The number of carbonyl (C=O) groups is 1. The van der Waals surface area contributed by atoms with Crippen LogP contribution in [0.25, 0.3) is 0 Å². The summed E-state index contributed by atoms with van der Waals surface area (Å²) < 4.78 is 15.6. The Hall–Kier alpha value is -2.29. The second kappa shape index (κ2) is 8.38. The minimum absolute atomic E-state index is 0.0976. The molecule has 0 unspecified atom stereocenters. The molecule has 3 aromatic rings. The largest absolute Gasteiger partial charge is 0.335 e. The summed E-state index contributed by atoms with van der Waals surface area (Å²) in [5, 5.41) is 0. The van der Waals surface area contributed by atoms with E-state index in [1.165, 1.54) is 23.5 Å². The van der Waals surface area contributed by atoms with Gasteiger partial charge in [0, 0.05) is 43.4 Å². The second-order valence-corrected chi connectivity index (χ2v) is 8.44. The van der Waals surface area contributed by atoms with Gasteiger partial charge in [-0.15, -0.1) is 11.3 Å². The van der Waals surface area contributed by atoms with Crippen molar-refractivity contribution >= 4 is 28.8 Å². The van der Waals surface area contributed by atoms with E-state index in [4.69, 9.17) is 11.6 Å². The van der Waals surface area contributed by atoms with Gasteiger partial charge in [0.2, 0.25) is 5.91 Å². The SMILES string of the molecule is O=C1CN(Cc2cncn2Cc2ccc(F)cc2)CCN1Cc1cnc(Cl)s1. The third kappa shape index (κ3) is 4.57. The zero-order valence-electron chi connectivity index (χ0n) is 15.1. The molecule has 0 bridgehead atoms. The van der Waals surface area contributed by atoms with Crippen LogP contribution < -0.4 is 0 Å². The van der Waals surface area contributed by atoms with Gasteiger partial charge in [-0.2, -0.15) is 0 Å². The predicted octanol–water partition coefficient (Wildman–Crippen LogP) is 3.02. The monoisotopic (exact) mass is 419 g/mol. The molecular formula is C19H19ClFN5OS. The van der Waals surface area contributed by atoms with Gasteiger partial charge in [-0.05, 0) is 17.7 Å². The number of nitrogens with zero attached hydrogens (tertiary/aromatic N) is 5. The highest BCUT2D eigenvalue weighted by Crippen LogP contribution is 2.20. The van der Waals surface area contributed by atoms with Crippen molar-refractivity contribution in [3.63, 3.8) is 0 Å². The lowest BCUT2D eigenvalue weighted by molar-refractivity contribution is -0.136. The number of benzene rings is 1. The minimum Gasteiger partial charge on any atom is -0.335 e. The molecule has 1 aliphatic rings. The van der Waals surface area contributed by atoms with Gasteiger partial charge in [-0.1, -0.05) is 23.7 Å². The van der Waals surface area contributed by atoms with Gasteiger partial charge in [-0.3, -0.25) is 9.69 Å². The number of hydrogen-bond acceptors (Lipinski definition) is 5. The average Bonchev–Trinajstić information content (AvgIpc) is 3.28. The second-order valence-electron chi connectivity index (χ2n) is 6.74. The van der Waals surface area contributed by atoms with Gasteiger partial charge in [0.25, 0.3) is 0 Å². The minimum atomic E-state index is -0.244. The Bertz CT molecular complexity index is 957. The number of halogens is 2. The fourth-order valence-corrected chi connectivity index (χ4v) is 4.24. The van der Waals surface area contributed by atoms with Crippen LogP contribution in [0.3, 0.4) is 0 Å². The first kappa shape index (κ1) is 19.0. The fraction of sp³-hybridized carbons (Fsp3) is 0.316. The van der Waals surface area contributed by atoms with Crippen LogP contribution in [-0.2, 0) is 24.4 Å². The highest BCUT2D eigenvalue weighted by molar-refractivity contribution is 7.15. The first-order valence-electron chi connectivity index (χ1n) is 8.90. The number of aromatic nitrogens is 3. The van der Waals surface area contributed by atoms with Crippen molar-refractivity contribution in [3.05, 3.63) is 69.4 Å². The van der Waals surface area contributed by atoms with E-state index in [-0.39, 0.29) is 11.7 Å². The van der Waals surface area contributed by atoms with Crippen molar-refractivity contribution < 1.29 is 9.18 Å². The standard InChI is InChI=1S/C19H19ClFN5OS/c20-19-23-8-17(28-19)11-25-6-5-24(12-18(25)27)10-16-7-22-13-26(16)9-14-1-3-15(21)4-2-14/h1-4,7-8,13H,5-6,9-12H2. The van der Waals surface area contributed by atoms with Crippen LogP contribution >= 0.6 is 22.9 Å². The molecule has 0 aliphatic carbocycles. The maximum absolute atomic E-state index is 13.1. The fourth-order valence-electron chi connectivity index (χ4n) is 3.24. The zero-order chi connectivity index (χ0) is 19.5. The van der Waals surface area contributed by atoms with Crippen LogP contribution in [-0.4, -0.2) is 49.9 Å². The van der Waals surface area contributed by atoms with Gasteiger partial charge >= 0.3 is 0 Å². The van der Waals surface area contributed by atoms with Crippen molar-refractivity contribution in [2.75, 3.05) is 19.6 Å². The van der Waals surface area contributed by atoms with E-state index in [9.17, 15) is 9.18 Å². The number of imidazole rings is 1. The Morgan fingerprint density at radius 2 is 1.93 bits per heavy atom. The molecule has 1 fully saturated rings. The Labute approximate surface area is 171 Å². The number of rotatable bonds is 6. The molecule has 4 rings (SSSR count). The lowest BCUT2D eigenvalue weighted by atomic mass is 10.2. The van der Waals surface area contributed by atoms with Crippen molar-refractivity contribution in [2.24, 2.45) is 0 Å². The number of thiazole rings is 1. The molecule has 9 heteroatoms. The summed E-state index contributed by atoms with van der Waals surface area (Å²) >= 11 is 7.27. The zero-order valence-corrected chi connectivity index (χ0v) is 16.7.